The van der Waals surface area contributed by atoms with Crippen LogP contribution in [0.5, 0.6) is 0 Å². The van der Waals surface area contributed by atoms with E-state index < -0.39 is 28.9 Å². The SMILES string of the molecule is CNCC1CCCN1C(=O)c1ccc(F)c(F)c1F. The fourth-order valence-electron chi connectivity index (χ4n) is 2.40. The number of amides is 1. The average Bonchev–Trinajstić information content (AvgIpc) is 2.84. The van der Waals surface area contributed by atoms with Crippen molar-refractivity contribution in [3.8, 4) is 0 Å². The molecule has 1 aliphatic rings. The minimum Gasteiger partial charge on any atom is -0.334 e. The van der Waals surface area contributed by atoms with Crippen LogP contribution in [-0.4, -0.2) is 37.0 Å². The summed E-state index contributed by atoms with van der Waals surface area (Å²) in [6, 6.07) is 1.73. The summed E-state index contributed by atoms with van der Waals surface area (Å²) in [6.07, 6.45) is 1.64. The van der Waals surface area contributed by atoms with Crippen LogP contribution in [0, 0.1) is 17.5 Å². The van der Waals surface area contributed by atoms with Gasteiger partial charge in [-0.3, -0.25) is 4.79 Å². The Labute approximate surface area is 109 Å². The Bertz CT molecular complexity index is 493. The van der Waals surface area contributed by atoms with Crippen molar-refractivity contribution >= 4 is 5.91 Å². The van der Waals surface area contributed by atoms with Crippen molar-refractivity contribution < 1.29 is 18.0 Å². The Morgan fingerprint density at radius 1 is 1.37 bits per heavy atom. The summed E-state index contributed by atoms with van der Waals surface area (Å²) in [5, 5.41) is 2.96. The van der Waals surface area contributed by atoms with Gasteiger partial charge in [0.05, 0.1) is 5.56 Å². The van der Waals surface area contributed by atoms with Crippen molar-refractivity contribution in [2.75, 3.05) is 20.1 Å². The van der Waals surface area contributed by atoms with Crippen LogP contribution in [-0.2, 0) is 0 Å². The highest BCUT2D eigenvalue weighted by Gasteiger charge is 2.31. The molecule has 0 radical (unpaired) electrons. The molecule has 0 aromatic heterocycles. The predicted molar refractivity (Wildman–Crippen MR) is 64.3 cm³/mol. The van der Waals surface area contributed by atoms with Crippen molar-refractivity contribution in [1.29, 1.82) is 0 Å². The van der Waals surface area contributed by atoms with E-state index in [9.17, 15) is 18.0 Å². The zero-order valence-corrected chi connectivity index (χ0v) is 10.5. The van der Waals surface area contributed by atoms with Gasteiger partial charge in [-0.05, 0) is 32.0 Å². The van der Waals surface area contributed by atoms with Crippen LogP contribution < -0.4 is 5.32 Å². The lowest BCUT2D eigenvalue weighted by molar-refractivity contribution is 0.0731. The van der Waals surface area contributed by atoms with Gasteiger partial charge in [-0.1, -0.05) is 0 Å². The first-order valence-electron chi connectivity index (χ1n) is 6.15. The molecule has 2 rings (SSSR count). The second kappa shape index (κ2) is 5.61. The number of benzene rings is 1. The van der Waals surface area contributed by atoms with E-state index >= 15 is 0 Å². The third-order valence-electron chi connectivity index (χ3n) is 3.34. The number of hydrogen-bond acceptors (Lipinski definition) is 2. The quantitative estimate of drug-likeness (QED) is 0.853. The molecule has 1 N–H and O–H groups in total. The summed E-state index contributed by atoms with van der Waals surface area (Å²) < 4.78 is 39.6. The van der Waals surface area contributed by atoms with Gasteiger partial charge in [0.25, 0.3) is 5.91 Å². The molecule has 0 aliphatic carbocycles. The van der Waals surface area contributed by atoms with Crippen LogP contribution in [0.2, 0.25) is 0 Å². The number of carbonyl (C=O) groups is 1. The van der Waals surface area contributed by atoms with Gasteiger partial charge in [-0.15, -0.1) is 0 Å². The van der Waals surface area contributed by atoms with Crippen molar-refractivity contribution in [2.24, 2.45) is 0 Å². The Morgan fingerprint density at radius 3 is 2.79 bits per heavy atom. The molecule has 19 heavy (non-hydrogen) atoms. The lowest BCUT2D eigenvalue weighted by Gasteiger charge is -2.24. The van der Waals surface area contributed by atoms with Crippen molar-refractivity contribution in [3.63, 3.8) is 0 Å². The maximum absolute atomic E-state index is 13.6. The molecular weight excluding hydrogens is 257 g/mol. The van der Waals surface area contributed by atoms with Gasteiger partial charge in [0.15, 0.2) is 17.5 Å². The van der Waals surface area contributed by atoms with E-state index in [-0.39, 0.29) is 6.04 Å². The predicted octanol–water partition coefficient (Wildman–Crippen LogP) is 1.93. The lowest BCUT2D eigenvalue weighted by Crippen LogP contribution is -2.41. The molecule has 0 saturated carbocycles. The van der Waals surface area contributed by atoms with Crippen LogP contribution in [0.3, 0.4) is 0 Å². The summed E-state index contributed by atoms with van der Waals surface area (Å²) >= 11 is 0. The number of likely N-dealkylation sites (N-methyl/N-ethyl adjacent to an activating group) is 1. The zero-order valence-electron chi connectivity index (χ0n) is 10.5. The highest BCUT2D eigenvalue weighted by Crippen LogP contribution is 2.22. The van der Waals surface area contributed by atoms with Crippen LogP contribution in [0.25, 0.3) is 0 Å². The minimum absolute atomic E-state index is 0.0370. The van der Waals surface area contributed by atoms with E-state index in [1.807, 2.05) is 0 Å². The number of likely N-dealkylation sites (tertiary alicyclic amines) is 1. The molecule has 1 saturated heterocycles. The van der Waals surface area contributed by atoms with Crippen LogP contribution in [0.4, 0.5) is 13.2 Å². The smallest absolute Gasteiger partial charge is 0.257 e. The second-order valence-electron chi connectivity index (χ2n) is 4.58. The molecule has 1 aliphatic heterocycles. The number of halogens is 3. The minimum atomic E-state index is -1.60. The first-order chi connectivity index (χ1) is 9.06. The largest absolute Gasteiger partial charge is 0.334 e. The van der Waals surface area contributed by atoms with Crippen molar-refractivity contribution in [3.05, 3.63) is 35.1 Å². The highest BCUT2D eigenvalue weighted by molar-refractivity contribution is 5.95. The third-order valence-corrected chi connectivity index (χ3v) is 3.34. The van der Waals surface area contributed by atoms with Gasteiger partial charge in [-0.2, -0.15) is 0 Å². The molecule has 6 heteroatoms. The van der Waals surface area contributed by atoms with Crippen molar-refractivity contribution in [2.45, 2.75) is 18.9 Å². The molecule has 0 bridgehead atoms. The third kappa shape index (κ3) is 2.58. The first-order valence-corrected chi connectivity index (χ1v) is 6.15. The zero-order chi connectivity index (χ0) is 14.0. The summed E-state index contributed by atoms with van der Waals surface area (Å²) in [5.41, 5.74) is -0.415. The number of rotatable bonds is 3. The standard InChI is InChI=1S/C13H15F3N2O/c1-17-7-8-3-2-6-18(8)13(19)9-4-5-10(14)12(16)11(9)15/h4-5,8,17H,2-3,6-7H2,1H3. The number of hydrogen-bond donors (Lipinski definition) is 1. The molecule has 1 atom stereocenters. The van der Waals surface area contributed by atoms with E-state index in [2.05, 4.69) is 5.32 Å². The van der Waals surface area contributed by atoms with Gasteiger partial charge in [0, 0.05) is 19.1 Å². The van der Waals surface area contributed by atoms with Crippen LogP contribution in [0.15, 0.2) is 12.1 Å². The Morgan fingerprint density at radius 2 is 2.11 bits per heavy atom. The highest BCUT2D eigenvalue weighted by atomic mass is 19.2. The van der Waals surface area contributed by atoms with Gasteiger partial charge >= 0.3 is 0 Å². The van der Waals surface area contributed by atoms with E-state index in [0.717, 1.165) is 25.0 Å². The van der Waals surface area contributed by atoms with E-state index in [0.29, 0.717) is 13.1 Å². The number of nitrogens with one attached hydrogen (secondary N) is 1. The Hall–Kier alpha value is -1.56. The maximum Gasteiger partial charge on any atom is 0.257 e. The van der Waals surface area contributed by atoms with E-state index in [1.165, 1.54) is 4.90 Å². The number of nitrogens with zero attached hydrogens (tertiary/aromatic N) is 1. The first kappa shape index (κ1) is 13.9. The summed E-state index contributed by atoms with van der Waals surface area (Å²) in [5.74, 6) is -4.90. The van der Waals surface area contributed by atoms with Gasteiger partial charge < -0.3 is 10.2 Å². The van der Waals surface area contributed by atoms with Crippen LogP contribution >= 0.6 is 0 Å². The Balaban J connectivity index is 2.27. The fourth-order valence-corrected chi connectivity index (χ4v) is 2.40. The van der Waals surface area contributed by atoms with E-state index in [4.69, 9.17) is 0 Å². The lowest BCUT2D eigenvalue weighted by atomic mass is 10.1. The van der Waals surface area contributed by atoms with Crippen molar-refractivity contribution in [1.82, 2.24) is 10.2 Å². The average molecular weight is 272 g/mol. The summed E-state index contributed by atoms with van der Waals surface area (Å²) in [7, 11) is 1.76. The molecule has 3 nitrogen and oxygen atoms in total. The molecular formula is C13H15F3N2O. The molecule has 1 amide bonds. The molecule has 1 unspecified atom stereocenters. The number of carbonyl (C=O) groups excluding carboxylic acids is 1. The second-order valence-corrected chi connectivity index (χ2v) is 4.58. The molecule has 104 valence electrons. The van der Waals surface area contributed by atoms with Gasteiger partial charge in [0.1, 0.15) is 0 Å². The Kier molecular flexibility index (Phi) is 4.09. The molecule has 1 aromatic rings. The van der Waals surface area contributed by atoms with Gasteiger partial charge in [-0.25, -0.2) is 13.2 Å². The van der Waals surface area contributed by atoms with Crippen LogP contribution in [0.1, 0.15) is 23.2 Å². The molecule has 1 fully saturated rings. The van der Waals surface area contributed by atoms with E-state index in [1.54, 1.807) is 7.05 Å². The van der Waals surface area contributed by atoms with Gasteiger partial charge in [0.2, 0.25) is 0 Å². The normalized spacial score (nSPS) is 18.9. The maximum atomic E-state index is 13.6. The molecule has 0 spiro atoms. The monoisotopic (exact) mass is 272 g/mol. The summed E-state index contributed by atoms with van der Waals surface area (Å²) in [6.45, 7) is 1.10. The topological polar surface area (TPSA) is 32.3 Å². The molecule has 1 aromatic carbocycles. The molecule has 1 heterocycles. The summed E-state index contributed by atoms with van der Waals surface area (Å²) in [4.78, 5) is 13.7. The fraction of sp³-hybridized carbons (Fsp3) is 0.462.